The van der Waals surface area contributed by atoms with Crippen LogP contribution >= 0.6 is 0 Å². The van der Waals surface area contributed by atoms with Gasteiger partial charge in [0, 0.05) is 6.21 Å². The van der Waals surface area contributed by atoms with E-state index in [1.165, 1.54) is 0 Å². The van der Waals surface area contributed by atoms with Gasteiger partial charge in [0.05, 0.1) is 6.67 Å². The molecule has 0 fully saturated rings. The van der Waals surface area contributed by atoms with Gasteiger partial charge < -0.3 is 5.73 Å². The third-order valence-electron chi connectivity index (χ3n) is 2.66. The number of nitrogens with two attached hydrogens (primary N) is 1. The zero-order valence-corrected chi connectivity index (χ0v) is 8.75. The second kappa shape index (κ2) is 6.18. The number of hydrogen-bond acceptors (Lipinski definition) is 2. The van der Waals surface area contributed by atoms with Gasteiger partial charge in [0.1, 0.15) is 0 Å². The van der Waals surface area contributed by atoms with Gasteiger partial charge in [-0.25, -0.2) is 0 Å². The van der Waals surface area contributed by atoms with E-state index in [4.69, 9.17) is 5.73 Å². The van der Waals surface area contributed by atoms with Crippen LogP contribution in [-0.4, -0.2) is 12.9 Å². The highest BCUT2D eigenvalue weighted by Crippen LogP contribution is 2.21. The molecule has 0 heterocycles. The Hall–Kier alpha value is -0.370. The standard InChI is InChI=1S/C10H22N2/c1-8(2)10(4)9(3)5-6-12-7-11/h6,8-10H,5,7,11H2,1-4H3/b12-6-. The van der Waals surface area contributed by atoms with Crippen molar-refractivity contribution in [2.45, 2.75) is 34.1 Å². The Bertz CT molecular complexity index is 130. The van der Waals surface area contributed by atoms with Crippen molar-refractivity contribution in [1.29, 1.82) is 0 Å². The van der Waals surface area contributed by atoms with Crippen LogP contribution in [0.25, 0.3) is 0 Å². The summed E-state index contributed by atoms with van der Waals surface area (Å²) >= 11 is 0. The van der Waals surface area contributed by atoms with Crippen LogP contribution in [0.15, 0.2) is 4.99 Å². The molecule has 0 amide bonds. The van der Waals surface area contributed by atoms with E-state index in [9.17, 15) is 0 Å². The highest BCUT2D eigenvalue weighted by atomic mass is 14.8. The van der Waals surface area contributed by atoms with Gasteiger partial charge in [-0.2, -0.15) is 0 Å². The molecule has 12 heavy (non-hydrogen) atoms. The first-order valence-electron chi connectivity index (χ1n) is 4.78. The second-order valence-electron chi connectivity index (χ2n) is 3.86. The minimum Gasteiger partial charge on any atom is -0.312 e. The van der Waals surface area contributed by atoms with Gasteiger partial charge in [0.25, 0.3) is 0 Å². The van der Waals surface area contributed by atoms with Gasteiger partial charge in [-0.3, -0.25) is 4.99 Å². The van der Waals surface area contributed by atoms with Crippen LogP contribution < -0.4 is 5.73 Å². The van der Waals surface area contributed by atoms with Crippen LogP contribution in [0.1, 0.15) is 34.1 Å². The van der Waals surface area contributed by atoms with Gasteiger partial charge in [-0.15, -0.1) is 0 Å². The third-order valence-corrected chi connectivity index (χ3v) is 2.66. The van der Waals surface area contributed by atoms with Crippen molar-refractivity contribution >= 4 is 6.21 Å². The maximum absolute atomic E-state index is 5.25. The fourth-order valence-electron chi connectivity index (χ4n) is 1.19. The van der Waals surface area contributed by atoms with Gasteiger partial charge in [0.2, 0.25) is 0 Å². The molecule has 0 radical (unpaired) electrons. The lowest BCUT2D eigenvalue weighted by Gasteiger charge is -2.21. The highest BCUT2D eigenvalue weighted by molar-refractivity contribution is 5.57. The van der Waals surface area contributed by atoms with Crippen LogP contribution in [0, 0.1) is 17.8 Å². The molecule has 2 heteroatoms. The van der Waals surface area contributed by atoms with Gasteiger partial charge in [-0.1, -0.05) is 27.7 Å². The molecule has 0 aliphatic heterocycles. The molecule has 0 bridgehead atoms. The summed E-state index contributed by atoms with van der Waals surface area (Å²) < 4.78 is 0. The first kappa shape index (κ1) is 11.6. The summed E-state index contributed by atoms with van der Waals surface area (Å²) in [5, 5.41) is 0. The zero-order chi connectivity index (χ0) is 9.56. The molecular formula is C10H22N2. The van der Waals surface area contributed by atoms with Crippen molar-refractivity contribution in [3.05, 3.63) is 0 Å². The van der Waals surface area contributed by atoms with Crippen LogP contribution in [0.5, 0.6) is 0 Å². The second-order valence-corrected chi connectivity index (χ2v) is 3.86. The van der Waals surface area contributed by atoms with E-state index in [-0.39, 0.29) is 0 Å². The maximum atomic E-state index is 5.25. The third kappa shape index (κ3) is 4.50. The number of nitrogens with zero attached hydrogens (tertiary/aromatic N) is 1. The molecule has 2 N–H and O–H groups in total. The molecule has 0 aliphatic carbocycles. The van der Waals surface area contributed by atoms with Crippen molar-refractivity contribution in [2.24, 2.45) is 28.5 Å². The van der Waals surface area contributed by atoms with Gasteiger partial charge in [0.15, 0.2) is 0 Å². The topological polar surface area (TPSA) is 38.4 Å². The summed E-state index contributed by atoms with van der Waals surface area (Å²) in [6.07, 6.45) is 3.00. The molecule has 0 saturated carbocycles. The van der Waals surface area contributed by atoms with Crippen LogP contribution in [-0.2, 0) is 0 Å². The summed E-state index contributed by atoms with van der Waals surface area (Å²) in [6.45, 7) is 9.52. The van der Waals surface area contributed by atoms with Gasteiger partial charge in [-0.05, 0) is 24.2 Å². The van der Waals surface area contributed by atoms with Crippen molar-refractivity contribution in [2.75, 3.05) is 6.67 Å². The summed E-state index contributed by atoms with van der Waals surface area (Å²) in [5.41, 5.74) is 5.25. The molecule has 0 spiro atoms. The molecule has 0 aliphatic rings. The minimum absolute atomic E-state index is 0.419. The fraction of sp³-hybridized carbons (Fsp3) is 0.900. The van der Waals surface area contributed by atoms with Crippen LogP contribution in [0.4, 0.5) is 0 Å². The predicted molar refractivity (Wildman–Crippen MR) is 55.3 cm³/mol. The average Bonchev–Trinajstić information content (AvgIpc) is 2.03. The van der Waals surface area contributed by atoms with Crippen LogP contribution in [0.3, 0.4) is 0 Å². The Morgan fingerprint density at radius 3 is 2.25 bits per heavy atom. The molecule has 2 atom stereocenters. The van der Waals surface area contributed by atoms with Crippen molar-refractivity contribution in [1.82, 2.24) is 0 Å². The van der Waals surface area contributed by atoms with E-state index in [0.717, 1.165) is 18.3 Å². The monoisotopic (exact) mass is 170 g/mol. The summed E-state index contributed by atoms with van der Waals surface area (Å²) in [5.74, 6) is 2.22. The van der Waals surface area contributed by atoms with Crippen molar-refractivity contribution in [3.8, 4) is 0 Å². The van der Waals surface area contributed by atoms with E-state index >= 15 is 0 Å². The average molecular weight is 170 g/mol. The normalized spacial score (nSPS) is 17.2. The lowest BCUT2D eigenvalue weighted by atomic mass is 9.85. The molecule has 0 rings (SSSR count). The maximum Gasteiger partial charge on any atom is 0.0855 e. The molecule has 72 valence electrons. The van der Waals surface area contributed by atoms with Crippen molar-refractivity contribution < 1.29 is 0 Å². The minimum atomic E-state index is 0.419. The number of hydrogen-bond donors (Lipinski definition) is 1. The molecular weight excluding hydrogens is 148 g/mol. The predicted octanol–water partition coefficient (Wildman–Crippen LogP) is 2.29. The fourth-order valence-corrected chi connectivity index (χ4v) is 1.19. The van der Waals surface area contributed by atoms with E-state index in [0.29, 0.717) is 12.6 Å². The first-order chi connectivity index (χ1) is 5.59. The van der Waals surface area contributed by atoms with Gasteiger partial charge >= 0.3 is 0 Å². The molecule has 0 saturated heterocycles. The van der Waals surface area contributed by atoms with Crippen molar-refractivity contribution in [3.63, 3.8) is 0 Å². The number of aliphatic imine (C=N–C) groups is 1. The van der Waals surface area contributed by atoms with E-state index in [2.05, 4.69) is 32.7 Å². The Morgan fingerprint density at radius 2 is 1.83 bits per heavy atom. The SMILES string of the molecule is CC(C)C(C)C(C)C/C=N\CN. The largest absolute Gasteiger partial charge is 0.312 e. The smallest absolute Gasteiger partial charge is 0.0855 e. The summed E-state index contributed by atoms with van der Waals surface area (Å²) in [4.78, 5) is 4.01. The Balaban J connectivity index is 3.71. The summed E-state index contributed by atoms with van der Waals surface area (Å²) in [7, 11) is 0. The molecule has 0 aromatic rings. The molecule has 0 aromatic heterocycles. The Labute approximate surface area is 76.3 Å². The lowest BCUT2D eigenvalue weighted by molar-refractivity contribution is 0.304. The highest BCUT2D eigenvalue weighted by Gasteiger charge is 2.13. The zero-order valence-electron chi connectivity index (χ0n) is 8.75. The quantitative estimate of drug-likeness (QED) is 0.632. The molecule has 0 aromatic carbocycles. The van der Waals surface area contributed by atoms with E-state index in [1.807, 2.05) is 6.21 Å². The Kier molecular flexibility index (Phi) is 5.99. The molecule has 2 nitrogen and oxygen atoms in total. The first-order valence-corrected chi connectivity index (χ1v) is 4.78. The number of rotatable bonds is 5. The summed E-state index contributed by atoms with van der Waals surface area (Å²) in [6, 6.07) is 0. The van der Waals surface area contributed by atoms with Crippen LogP contribution in [0.2, 0.25) is 0 Å². The van der Waals surface area contributed by atoms with E-state index in [1.54, 1.807) is 0 Å². The lowest BCUT2D eigenvalue weighted by Crippen LogP contribution is -2.14. The Morgan fingerprint density at radius 1 is 1.25 bits per heavy atom. The van der Waals surface area contributed by atoms with E-state index < -0.39 is 0 Å². The molecule has 2 unspecified atom stereocenters.